The molecule has 0 atom stereocenters. The molecule has 1 heterocycles. The number of benzene rings is 1. The molecule has 1 aliphatic heterocycles. The molecule has 2 amide bonds. The van der Waals surface area contributed by atoms with Gasteiger partial charge in [-0.25, -0.2) is 0 Å². The summed E-state index contributed by atoms with van der Waals surface area (Å²) in [6, 6.07) is 5.28. The predicted molar refractivity (Wildman–Crippen MR) is 85.9 cm³/mol. The van der Waals surface area contributed by atoms with Gasteiger partial charge in [0.15, 0.2) is 0 Å². The van der Waals surface area contributed by atoms with E-state index in [1.807, 2.05) is 6.07 Å². The van der Waals surface area contributed by atoms with Crippen LogP contribution in [0.1, 0.15) is 23.2 Å². The van der Waals surface area contributed by atoms with E-state index in [4.69, 9.17) is 5.73 Å². The Labute approximate surface area is 133 Å². The number of carbonyl (C=O) groups is 2. The Morgan fingerprint density at radius 1 is 1.29 bits per heavy atom. The average Bonchev–Trinajstić information content (AvgIpc) is 2.46. The van der Waals surface area contributed by atoms with Crippen LogP contribution in [0.5, 0.6) is 0 Å². The Kier molecular flexibility index (Phi) is 4.88. The fraction of sp³-hybridized carbons (Fsp3) is 0.467. The van der Waals surface area contributed by atoms with E-state index < -0.39 is 0 Å². The van der Waals surface area contributed by atoms with E-state index in [9.17, 15) is 9.59 Å². The molecule has 0 aliphatic carbocycles. The molecular formula is C15H20BrN3O2. The molecular weight excluding hydrogens is 334 g/mol. The van der Waals surface area contributed by atoms with Crippen molar-refractivity contribution in [1.29, 1.82) is 0 Å². The van der Waals surface area contributed by atoms with Gasteiger partial charge in [-0.05, 0) is 31.0 Å². The topological polar surface area (TPSA) is 66.6 Å². The van der Waals surface area contributed by atoms with Crippen LogP contribution < -0.4 is 5.73 Å². The zero-order valence-corrected chi connectivity index (χ0v) is 13.9. The molecule has 114 valence electrons. The van der Waals surface area contributed by atoms with Crippen molar-refractivity contribution in [1.82, 2.24) is 9.80 Å². The minimum absolute atomic E-state index is 0.0197. The lowest BCUT2D eigenvalue weighted by Gasteiger charge is -2.32. The highest BCUT2D eigenvalue weighted by Crippen LogP contribution is 2.24. The van der Waals surface area contributed by atoms with Crippen LogP contribution in [0.2, 0.25) is 0 Å². The standard InChI is InChI=1S/C15H20BrN3O2/c1-18(2)14(20)10-5-7-19(8-6-10)15(21)12-4-3-11(16)9-13(12)17/h3-4,9-10H,5-8,17H2,1-2H3. The number of nitrogen functional groups attached to an aromatic ring is 1. The second kappa shape index (κ2) is 6.47. The van der Waals surface area contributed by atoms with Crippen LogP contribution in [0, 0.1) is 5.92 Å². The molecule has 1 aliphatic rings. The largest absolute Gasteiger partial charge is 0.398 e. The lowest BCUT2D eigenvalue weighted by atomic mass is 9.95. The van der Waals surface area contributed by atoms with Crippen LogP contribution >= 0.6 is 15.9 Å². The summed E-state index contributed by atoms with van der Waals surface area (Å²) in [5.41, 5.74) is 6.90. The number of carbonyl (C=O) groups excluding carboxylic acids is 2. The molecule has 5 nitrogen and oxygen atoms in total. The van der Waals surface area contributed by atoms with E-state index in [0.717, 1.165) is 4.47 Å². The molecule has 0 radical (unpaired) electrons. The maximum absolute atomic E-state index is 12.5. The maximum atomic E-state index is 12.5. The number of piperidine rings is 1. The van der Waals surface area contributed by atoms with Crippen molar-refractivity contribution in [3.05, 3.63) is 28.2 Å². The van der Waals surface area contributed by atoms with Gasteiger partial charge in [-0.3, -0.25) is 9.59 Å². The minimum atomic E-state index is -0.0595. The minimum Gasteiger partial charge on any atom is -0.398 e. The lowest BCUT2D eigenvalue weighted by Crippen LogP contribution is -2.42. The molecule has 2 N–H and O–H groups in total. The number of amides is 2. The highest BCUT2D eigenvalue weighted by atomic mass is 79.9. The Morgan fingerprint density at radius 2 is 1.90 bits per heavy atom. The number of nitrogens with zero attached hydrogens (tertiary/aromatic N) is 2. The van der Waals surface area contributed by atoms with Crippen molar-refractivity contribution in [3.63, 3.8) is 0 Å². The quantitative estimate of drug-likeness (QED) is 0.826. The van der Waals surface area contributed by atoms with E-state index >= 15 is 0 Å². The highest BCUT2D eigenvalue weighted by Gasteiger charge is 2.29. The maximum Gasteiger partial charge on any atom is 0.255 e. The number of hydrogen-bond acceptors (Lipinski definition) is 3. The monoisotopic (exact) mass is 353 g/mol. The summed E-state index contributed by atoms with van der Waals surface area (Å²) in [5, 5.41) is 0. The van der Waals surface area contributed by atoms with Crippen molar-refractivity contribution < 1.29 is 9.59 Å². The smallest absolute Gasteiger partial charge is 0.255 e. The molecule has 0 saturated carbocycles. The zero-order valence-electron chi connectivity index (χ0n) is 12.3. The molecule has 2 rings (SSSR count). The lowest BCUT2D eigenvalue weighted by molar-refractivity contribution is -0.134. The van der Waals surface area contributed by atoms with Crippen LogP contribution in [0.4, 0.5) is 5.69 Å². The van der Waals surface area contributed by atoms with Gasteiger partial charge in [-0.15, -0.1) is 0 Å². The molecule has 21 heavy (non-hydrogen) atoms. The fourth-order valence-electron chi connectivity index (χ4n) is 2.59. The number of anilines is 1. The number of halogens is 1. The van der Waals surface area contributed by atoms with E-state index in [2.05, 4.69) is 15.9 Å². The van der Waals surface area contributed by atoms with Crippen molar-refractivity contribution >= 4 is 33.4 Å². The first kappa shape index (κ1) is 15.8. The van der Waals surface area contributed by atoms with Crippen LogP contribution in [0.25, 0.3) is 0 Å². The van der Waals surface area contributed by atoms with Gasteiger partial charge >= 0.3 is 0 Å². The summed E-state index contributed by atoms with van der Waals surface area (Å²) in [6.07, 6.45) is 1.42. The van der Waals surface area contributed by atoms with E-state index in [1.165, 1.54) is 0 Å². The first-order valence-corrected chi connectivity index (χ1v) is 7.75. The Balaban J connectivity index is 2.02. The summed E-state index contributed by atoms with van der Waals surface area (Å²) < 4.78 is 0.854. The molecule has 1 fully saturated rings. The summed E-state index contributed by atoms with van der Waals surface area (Å²) in [7, 11) is 3.53. The SMILES string of the molecule is CN(C)C(=O)C1CCN(C(=O)c2ccc(Br)cc2N)CC1. The number of rotatable bonds is 2. The molecule has 0 spiro atoms. The van der Waals surface area contributed by atoms with Crippen molar-refractivity contribution in [3.8, 4) is 0 Å². The van der Waals surface area contributed by atoms with Gasteiger partial charge in [-0.2, -0.15) is 0 Å². The van der Waals surface area contributed by atoms with Crippen LogP contribution in [-0.2, 0) is 4.79 Å². The van der Waals surface area contributed by atoms with Crippen LogP contribution in [0.15, 0.2) is 22.7 Å². The Morgan fingerprint density at radius 3 is 2.43 bits per heavy atom. The van der Waals surface area contributed by atoms with Crippen molar-refractivity contribution in [2.24, 2.45) is 5.92 Å². The molecule has 0 aromatic heterocycles. The fourth-order valence-corrected chi connectivity index (χ4v) is 2.97. The Bertz CT molecular complexity index is 552. The molecule has 1 aromatic carbocycles. The normalized spacial score (nSPS) is 15.9. The molecule has 6 heteroatoms. The van der Waals surface area contributed by atoms with E-state index in [1.54, 1.807) is 36.0 Å². The molecule has 1 saturated heterocycles. The average molecular weight is 354 g/mol. The van der Waals surface area contributed by atoms with Crippen LogP contribution in [-0.4, -0.2) is 48.8 Å². The second-order valence-corrected chi connectivity index (χ2v) is 6.45. The summed E-state index contributed by atoms with van der Waals surface area (Å²) in [4.78, 5) is 27.8. The van der Waals surface area contributed by atoms with Gasteiger partial charge in [0.25, 0.3) is 5.91 Å². The van der Waals surface area contributed by atoms with E-state index in [0.29, 0.717) is 37.2 Å². The van der Waals surface area contributed by atoms with Crippen LogP contribution in [0.3, 0.4) is 0 Å². The highest BCUT2D eigenvalue weighted by molar-refractivity contribution is 9.10. The first-order valence-electron chi connectivity index (χ1n) is 6.95. The van der Waals surface area contributed by atoms with Crippen molar-refractivity contribution in [2.75, 3.05) is 32.9 Å². The molecule has 1 aromatic rings. The number of nitrogens with two attached hydrogens (primary N) is 1. The summed E-state index contributed by atoms with van der Waals surface area (Å²) in [5.74, 6) is 0.104. The summed E-state index contributed by atoms with van der Waals surface area (Å²) in [6.45, 7) is 1.19. The summed E-state index contributed by atoms with van der Waals surface area (Å²) >= 11 is 3.33. The first-order chi connectivity index (χ1) is 9.90. The third kappa shape index (κ3) is 3.56. The van der Waals surface area contributed by atoms with Crippen molar-refractivity contribution in [2.45, 2.75) is 12.8 Å². The van der Waals surface area contributed by atoms with Gasteiger partial charge in [0.1, 0.15) is 0 Å². The number of hydrogen-bond donors (Lipinski definition) is 1. The molecule has 0 unspecified atom stereocenters. The van der Waals surface area contributed by atoms with Gasteiger partial charge in [0, 0.05) is 43.3 Å². The molecule has 0 bridgehead atoms. The third-order valence-corrected chi connectivity index (χ3v) is 4.31. The van der Waals surface area contributed by atoms with Gasteiger partial charge in [0.05, 0.1) is 5.56 Å². The second-order valence-electron chi connectivity index (χ2n) is 5.53. The third-order valence-electron chi connectivity index (χ3n) is 3.82. The zero-order chi connectivity index (χ0) is 15.6. The van der Waals surface area contributed by atoms with Gasteiger partial charge < -0.3 is 15.5 Å². The Hall–Kier alpha value is -1.56. The number of likely N-dealkylation sites (tertiary alicyclic amines) is 1. The van der Waals surface area contributed by atoms with E-state index in [-0.39, 0.29) is 17.7 Å². The predicted octanol–water partition coefficient (Wildman–Crippen LogP) is 1.97. The van der Waals surface area contributed by atoms with Gasteiger partial charge in [-0.1, -0.05) is 15.9 Å². The van der Waals surface area contributed by atoms with Gasteiger partial charge in [0.2, 0.25) is 5.91 Å².